The standard InChI is InChI=1S/C17H26ClN3O.2ClH/c1-21(2)16(14-8-3-4-9-15(14)18)11-20-17(22)12-6-5-7-13(19)10-12;;/h3-4,8-9,12-13,16H,5-7,10-11,19H2,1-2H3,(H,20,22);2*1H. The van der Waals surface area contributed by atoms with E-state index in [2.05, 4.69) is 10.2 Å². The monoisotopic (exact) mass is 395 g/mol. The molecule has 0 heterocycles. The van der Waals surface area contributed by atoms with Crippen molar-refractivity contribution in [1.29, 1.82) is 0 Å². The summed E-state index contributed by atoms with van der Waals surface area (Å²) >= 11 is 6.29. The first-order valence-electron chi connectivity index (χ1n) is 7.93. The third-order valence-electron chi connectivity index (χ3n) is 4.44. The minimum Gasteiger partial charge on any atom is -0.354 e. The van der Waals surface area contributed by atoms with Crippen LogP contribution < -0.4 is 11.1 Å². The van der Waals surface area contributed by atoms with E-state index < -0.39 is 0 Å². The van der Waals surface area contributed by atoms with Crippen LogP contribution in [0.3, 0.4) is 0 Å². The average molecular weight is 397 g/mol. The molecular formula is C17H28Cl3N3O. The SMILES string of the molecule is CN(C)C(CNC(=O)C1CCCC(N)C1)c1ccccc1Cl.Cl.Cl. The summed E-state index contributed by atoms with van der Waals surface area (Å²) in [5.74, 6) is 0.173. The zero-order chi connectivity index (χ0) is 16.1. The third-order valence-corrected chi connectivity index (χ3v) is 4.79. The number of likely N-dealkylation sites (N-methyl/N-ethyl adjacent to an activating group) is 1. The van der Waals surface area contributed by atoms with E-state index in [0.29, 0.717) is 6.54 Å². The quantitative estimate of drug-likeness (QED) is 0.801. The van der Waals surface area contributed by atoms with Gasteiger partial charge >= 0.3 is 0 Å². The second-order valence-corrected chi connectivity index (χ2v) is 6.78. The van der Waals surface area contributed by atoms with Gasteiger partial charge in [-0.05, 0) is 45.0 Å². The number of hydrogen-bond acceptors (Lipinski definition) is 3. The smallest absolute Gasteiger partial charge is 0.223 e. The van der Waals surface area contributed by atoms with Crippen molar-refractivity contribution in [3.8, 4) is 0 Å². The second kappa shape index (κ2) is 11.2. The Morgan fingerprint density at radius 1 is 1.33 bits per heavy atom. The van der Waals surface area contributed by atoms with Crippen molar-refractivity contribution >= 4 is 42.3 Å². The van der Waals surface area contributed by atoms with E-state index >= 15 is 0 Å². The Morgan fingerprint density at radius 3 is 2.58 bits per heavy atom. The highest BCUT2D eigenvalue weighted by Gasteiger charge is 2.26. The fourth-order valence-corrected chi connectivity index (χ4v) is 3.39. The maximum absolute atomic E-state index is 12.4. The number of hydrogen-bond donors (Lipinski definition) is 2. The molecular weight excluding hydrogens is 369 g/mol. The molecule has 1 aliphatic carbocycles. The molecule has 24 heavy (non-hydrogen) atoms. The molecule has 3 N–H and O–H groups in total. The molecule has 0 aliphatic heterocycles. The molecule has 0 radical (unpaired) electrons. The Hall–Kier alpha value is -0.520. The summed E-state index contributed by atoms with van der Waals surface area (Å²) in [4.78, 5) is 14.4. The first-order chi connectivity index (χ1) is 10.5. The van der Waals surface area contributed by atoms with Crippen molar-refractivity contribution in [3.63, 3.8) is 0 Å². The van der Waals surface area contributed by atoms with Crippen LogP contribution in [-0.4, -0.2) is 37.5 Å². The van der Waals surface area contributed by atoms with E-state index in [1.54, 1.807) is 0 Å². The van der Waals surface area contributed by atoms with Crippen molar-refractivity contribution in [1.82, 2.24) is 10.2 Å². The van der Waals surface area contributed by atoms with Crippen LogP contribution in [0.4, 0.5) is 0 Å². The molecule has 1 amide bonds. The molecule has 0 aromatic heterocycles. The molecule has 3 unspecified atom stereocenters. The lowest BCUT2D eigenvalue weighted by Gasteiger charge is -2.29. The molecule has 0 saturated heterocycles. The number of carbonyl (C=O) groups excluding carboxylic acids is 1. The summed E-state index contributed by atoms with van der Waals surface area (Å²) in [6.07, 6.45) is 3.81. The molecule has 1 aliphatic rings. The number of rotatable bonds is 5. The molecule has 1 fully saturated rings. The van der Waals surface area contributed by atoms with Crippen LogP contribution in [0, 0.1) is 5.92 Å². The average Bonchev–Trinajstić information content (AvgIpc) is 2.48. The van der Waals surface area contributed by atoms with Crippen LogP contribution in [0.1, 0.15) is 37.3 Å². The van der Waals surface area contributed by atoms with E-state index in [0.717, 1.165) is 36.3 Å². The molecule has 4 nitrogen and oxygen atoms in total. The number of amides is 1. The van der Waals surface area contributed by atoms with Crippen LogP contribution in [0.15, 0.2) is 24.3 Å². The van der Waals surface area contributed by atoms with Crippen LogP contribution in [0.25, 0.3) is 0 Å². The predicted molar refractivity (Wildman–Crippen MR) is 105 cm³/mol. The van der Waals surface area contributed by atoms with Gasteiger partial charge in [-0.1, -0.05) is 36.2 Å². The Labute approximate surface area is 162 Å². The molecule has 3 atom stereocenters. The van der Waals surface area contributed by atoms with Gasteiger partial charge in [0.25, 0.3) is 0 Å². The van der Waals surface area contributed by atoms with Gasteiger partial charge in [-0.25, -0.2) is 0 Å². The number of benzene rings is 1. The number of halogens is 3. The van der Waals surface area contributed by atoms with Crippen molar-refractivity contribution < 1.29 is 4.79 Å². The summed E-state index contributed by atoms with van der Waals surface area (Å²) in [6.45, 7) is 0.557. The highest BCUT2D eigenvalue weighted by Crippen LogP contribution is 2.26. The fraction of sp³-hybridized carbons (Fsp3) is 0.588. The molecule has 7 heteroatoms. The zero-order valence-corrected chi connectivity index (χ0v) is 16.6. The molecule has 138 valence electrons. The van der Waals surface area contributed by atoms with Gasteiger partial charge in [-0.15, -0.1) is 24.8 Å². The third kappa shape index (κ3) is 6.41. The maximum Gasteiger partial charge on any atom is 0.223 e. The summed E-state index contributed by atoms with van der Waals surface area (Å²) in [6, 6.07) is 8.01. The summed E-state index contributed by atoms with van der Waals surface area (Å²) < 4.78 is 0. The van der Waals surface area contributed by atoms with E-state index in [-0.39, 0.29) is 48.7 Å². The van der Waals surface area contributed by atoms with Crippen molar-refractivity contribution in [2.45, 2.75) is 37.8 Å². The van der Waals surface area contributed by atoms with E-state index in [4.69, 9.17) is 17.3 Å². The van der Waals surface area contributed by atoms with Gasteiger partial charge in [-0.2, -0.15) is 0 Å². The van der Waals surface area contributed by atoms with E-state index in [9.17, 15) is 4.79 Å². The van der Waals surface area contributed by atoms with Gasteiger partial charge < -0.3 is 16.0 Å². The highest BCUT2D eigenvalue weighted by atomic mass is 35.5. The number of carbonyl (C=O) groups is 1. The Kier molecular flexibility index (Phi) is 10.9. The lowest BCUT2D eigenvalue weighted by Crippen LogP contribution is -2.41. The normalized spacial score (nSPS) is 21.4. The molecule has 1 aromatic rings. The summed E-state index contributed by atoms with van der Waals surface area (Å²) in [7, 11) is 3.99. The summed E-state index contributed by atoms with van der Waals surface area (Å²) in [5, 5.41) is 3.82. The number of nitrogens with one attached hydrogen (secondary N) is 1. The Morgan fingerprint density at radius 2 is 2.00 bits per heavy atom. The minimum absolute atomic E-state index is 0. The zero-order valence-electron chi connectivity index (χ0n) is 14.2. The lowest BCUT2D eigenvalue weighted by atomic mass is 9.85. The van der Waals surface area contributed by atoms with Crippen LogP contribution >= 0.6 is 36.4 Å². The highest BCUT2D eigenvalue weighted by molar-refractivity contribution is 6.31. The van der Waals surface area contributed by atoms with Gasteiger partial charge in [-0.3, -0.25) is 4.79 Å². The first-order valence-corrected chi connectivity index (χ1v) is 8.31. The topological polar surface area (TPSA) is 58.4 Å². The van der Waals surface area contributed by atoms with Crippen molar-refractivity contribution in [2.24, 2.45) is 11.7 Å². The fourth-order valence-electron chi connectivity index (χ4n) is 3.12. The van der Waals surface area contributed by atoms with Crippen molar-refractivity contribution in [3.05, 3.63) is 34.9 Å². The van der Waals surface area contributed by atoms with Gasteiger partial charge in [0.05, 0.1) is 6.04 Å². The van der Waals surface area contributed by atoms with Gasteiger partial charge in [0.2, 0.25) is 5.91 Å². The van der Waals surface area contributed by atoms with Crippen molar-refractivity contribution in [2.75, 3.05) is 20.6 Å². The van der Waals surface area contributed by atoms with Gasteiger partial charge in [0.1, 0.15) is 0 Å². The minimum atomic E-state index is 0. The second-order valence-electron chi connectivity index (χ2n) is 6.37. The van der Waals surface area contributed by atoms with E-state index in [1.807, 2.05) is 38.4 Å². The molecule has 2 rings (SSSR count). The Bertz CT molecular complexity index is 514. The van der Waals surface area contributed by atoms with Crippen LogP contribution in [-0.2, 0) is 4.79 Å². The molecule has 1 aromatic carbocycles. The van der Waals surface area contributed by atoms with Crippen LogP contribution in [0.2, 0.25) is 5.02 Å². The molecule has 0 bridgehead atoms. The molecule has 1 saturated carbocycles. The maximum atomic E-state index is 12.4. The van der Waals surface area contributed by atoms with Gasteiger partial charge in [0, 0.05) is 23.5 Å². The largest absolute Gasteiger partial charge is 0.354 e. The predicted octanol–water partition coefficient (Wildman–Crippen LogP) is 3.42. The summed E-state index contributed by atoms with van der Waals surface area (Å²) in [5.41, 5.74) is 7.01. The first kappa shape index (κ1) is 23.5. The van der Waals surface area contributed by atoms with Gasteiger partial charge in [0.15, 0.2) is 0 Å². The molecule has 0 spiro atoms. The lowest BCUT2D eigenvalue weighted by molar-refractivity contribution is -0.126. The Balaban J connectivity index is 0.00000264. The van der Waals surface area contributed by atoms with E-state index in [1.165, 1.54) is 0 Å². The number of nitrogens with zero attached hydrogens (tertiary/aromatic N) is 1. The van der Waals surface area contributed by atoms with Crippen LogP contribution in [0.5, 0.6) is 0 Å². The number of nitrogens with two attached hydrogens (primary N) is 1.